The highest BCUT2D eigenvalue weighted by Crippen LogP contribution is 2.48. The van der Waals surface area contributed by atoms with Crippen LogP contribution < -0.4 is 10.2 Å². The molecule has 6 aromatic rings. The Morgan fingerprint density at radius 2 is 1.02 bits per heavy atom. The van der Waals surface area contributed by atoms with Crippen LogP contribution in [0.25, 0.3) is 44.3 Å². The molecule has 0 atom stereocenters. The fourth-order valence-electron chi connectivity index (χ4n) is 13.1. The number of anilines is 2. The van der Waals surface area contributed by atoms with Crippen molar-refractivity contribution in [2.24, 2.45) is 0 Å². The fraction of sp³-hybridized carbons (Fsp3) is 0.469. The van der Waals surface area contributed by atoms with Crippen molar-refractivity contribution in [3.63, 3.8) is 0 Å². The molecule has 2 aliphatic carbocycles. The van der Waals surface area contributed by atoms with E-state index in [1.54, 1.807) is 18.7 Å². The third-order valence-electron chi connectivity index (χ3n) is 16.9. The zero-order chi connectivity index (χ0) is 56.7. The number of carbonyl (C=O) groups excluding carboxylic acids is 6. The third-order valence-corrected chi connectivity index (χ3v) is 17.6. The molecule has 428 valence electrons. The van der Waals surface area contributed by atoms with E-state index < -0.39 is 0 Å². The maximum Gasteiger partial charge on any atom is 0.338 e. The molecule has 2 saturated carbocycles. The van der Waals surface area contributed by atoms with Crippen LogP contribution in [0, 0.1) is 0 Å². The van der Waals surface area contributed by atoms with E-state index in [0.29, 0.717) is 46.1 Å². The molecule has 0 bridgehead atoms. The summed E-state index contributed by atoms with van der Waals surface area (Å²) in [5.41, 5.74) is 10.3. The van der Waals surface area contributed by atoms with E-state index in [-0.39, 0.29) is 66.9 Å². The van der Waals surface area contributed by atoms with Crippen LogP contribution in [0.4, 0.5) is 11.4 Å². The summed E-state index contributed by atoms with van der Waals surface area (Å²) in [4.78, 5) is 81.6. The number of rotatable bonds is 9. The molecule has 0 unspecified atom stereocenters. The van der Waals surface area contributed by atoms with Crippen molar-refractivity contribution < 1.29 is 38.2 Å². The lowest BCUT2D eigenvalue weighted by atomic mass is 9.94. The van der Waals surface area contributed by atoms with Crippen LogP contribution >= 0.6 is 34.8 Å². The molecular weight excluding hydrogens is 1090 g/mol. The predicted octanol–water partition coefficient (Wildman–Crippen LogP) is 13.9. The molecule has 12 rings (SSSR count). The van der Waals surface area contributed by atoms with Crippen LogP contribution in [-0.2, 0) is 41.5 Å². The van der Waals surface area contributed by atoms with E-state index in [2.05, 4.69) is 14.5 Å². The highest BCUT2D eigenvalue weighted by Gasteiger charge is 2.36. The predicted molar refractivity (Wildman–Crippen MR) is 321 cm³/mol. The summed E-state index contributed by atoms with van der Waals surface area (Å²) in [6, 6.07) is 23.4. The lowest BCUT2D eigenvalue weighted by molar-refractivity contribution is -0.132. The molecule has 17 heteroatoms. The fourth-order valence-corrected chi connectivity index (χ4v) is 13.6. The average molecular weight is 1160 g/mol. The SMILES string of the molecule is CCOC(=O)c1ccc2c(c1)c1c(n2C2CCCCC2)-c2ccc(Cl)cc2N(CC(=O)N2CCCCC2)C(=O)C1.CCOC(=O)c1ccc2c(c1)c1c(n2C2CCCCC2)-c2ccc(Cl)cc2NC(=O)C1.O=C(CCl)N1CCCCC1. The number of fused-ring (bicyclic) bond motifs is 10. The van der Waals surface area contributed by atoms with Gasteiger partial charge in [0.05, 0.1) is 59.9 Å². The van der Waals surface area contributed by atoms with Gasteiger partial charge in [0.1, 0.15) is 12.4 Å². The summed E-state index contributed by atoms with van der Waals surface area (Å²) in [5.74, 6) is -0.738. The Balaban J connectivity index is 0.000000159. The number of piperidine rings is 2. The Bertz CT molecular complexity index is 3340. The monoisotopic (exact) mass is 1160 g/mol. The van der Waals surface area contributed by atoms with Crippen molar-refractivity contribution in [2.75, 3.05) is 62.0 Å². The van der Waals surface area contributed by atoms with Gasteiger partial charge < -0.3 is 38.6 Å². The third kappa shape index (κ3) is 12.5. The Morgan fingerprint density at radius 1 is 0.556 bits per heavy atom. The smallest absolute Gasteiger partial charge is 0.338 e. The van der Waals surface area contributed by atoms with E-state index in [0.717, 1.165) is 158 Å². The average Bonchev–Trinajstić information content (AvgIpc) is 3.48. The number of ether oxygens (including phenoxy) is 2. The molecule has 14 nitrogen and oxygen atoms in total. The largest absolute Gasteiger partial charge is 0.462 e. The highest BCUT2D eigenvalue weighted by atomic mass is 35.5. The quantitative estimate of drug-likeness (QED) is 0.111. The van der Waals surface area contributed by atoms with Crippen molar-refractivity contribution in [1.82, 2.24) is 18.9 Å². The summed E-state index contributed by atoms with van der Waals surface area (Å²) < 4.78 is 15.3. The van der Waals surface area contributed by atoms with Gasteiger partial charge in [0.2, 0.25) is 23.6 Å². The van der Waals surface area contributed by atoms with Gasteiger partial charge in [-0.2, -0.15) is 0 Å². The molecule has 4 amide bonds. The van der Waals surface area contributed by atoms with Gasteiger partial charge in [0.15, 0.2) is 0 Å². The van der Waals surface area contributed by atoms with Gasteiger partial charge in [-0.1, -0.05) is 61.7 Å². The zero-order valence-corrected chi connectivity index (χ0v) is 48.9. The van der Waals surface area contributed by atoms with E-state index >= 15 is 0 Å². The van der Waals surface area contributed by atoms with Crippen LogP contribution in [0.5, 0.6) is 0 Å². The van der Waals surface area contributed by atoms with Crippen LogP contribution in [0.15, 0.2) is 72.8 Å². The number of likely N-dealkylation sites (tertiary alicyclic amines) is 2. The van der Waals surface area contributed by atoms with Crippen molar-refractivity contribution in [2.45, 2.75) is 142 Å². The molecule has 4 aliphatic heterocycles. The van der Waals surface area contributed by atoms with Crippen molar-refractivity contribution in [3.05, 3.63) is 105 Å². The number of halogens is 3. The lowest BCUT2D eigenvalue weighted by Crippen LogP contribution is -2.45. The summed E-state index contributed by atoms with van der Waals surface area (Å²) in [5, 5.41) is 5.98. The van der Waals surface area contributed by atoms with Gasteiger partial charge in [0.25, 0.3) is 0 Å². The number of nitrogens with one attached hydrogen (secondary N) is 1. The molecule has 4 aromatic carbocycles. The molecule has 6 heterocycles. The Kier molecular flexibility index (Phi) is 18.8. The zero-order valence-electron chi connectivity index (χ0n) is 46.6. The number of hydrogen-bond acceptors (Lipinski definition) is 8. The summed E-state index contributed by atoms with van der Waals surface area (Å²) in [6.07, 6.45) is 18.6. The molecule has 2 saturated heterocycles. The van der Waals surface area contributed by atoms with Gasteiger partial charge in [-0.15, -0.1) is 11.6 Å². The number of amides is 4. The topological polar surface area (TPSA) is 152 Å². The number of carbonyl (C=O) groups is 6. The first-order valence-electron chi connectivity index (χ1n) is 29.4. The Labute approximate surface area is 489 Å². The van der Waals surface area contributed by atoms with Crippen LogP contribution in [0.2, 0.25) is 10.0 Å². The van der Waals surface area contributed by atoms with Gasteiger partial charge in [-0.3, -0.25) is 19.2 Å². The molecule has 2 aromatic heterocycles. The van der Waals surface area contributed by atoms with Crippen LogP contribution in [-0.4, -0.2) is 106 Å². The molecule has 1 N–H and O–H groups in total. The van der Waals surface area contributed by atoms with Crippen molar-refractivity contribution in [3.8, 4) is 22.5 Å². The van der Waals surface area contributed by atoms with E-state index in [1.165, 1.54) is 32.1 Å². The van der Waals surface area contributed by atoms with Crippen LogP contribution in [0.3, 0.4) is 0 Å². The number of alkyl halides is 1. The molecule has 81 heavy (non-hydrogen) atoms. The molecule has 6 aliphatic rings. The number of benzene rings is 4. The van der Waals surface area contributed by atoms with Gasteiger partial charge in [-0.25, -0.2) is 9.59 Å². The standard InChI is InChI=1S/C32H36ClN3O4.C25H25ClN2O3.C7H12ClNO/c1-2-40-32(39)21-11-14-27-25(17-21)26-19-29(37)35(20-30(38)34-15-7-4-8-16-34)28-18-22(33)12-13-24(28)31(26)36(27)23-9-5-3-6-10-23;1-2-31-25(30)15-8-11-22-19(12-15)20-14-23(29)27-21-13-16(26)9-10-18(21)24(20)28(22)17-6-4-3-5-7-17;8-6-7(10)9-4-2-1-3-5-9/h11-14,17-18,23H,2-10,15-16,19-20H2,1H3;8-13,17H,2-7,14H2,1H3,(H,27,29);1-6H2. The minimum Gasteiger partial charge on any atom is -0.462 e. The molecule has 4 fully saturated rings. The first-order valence-corrected chi connectivity index (χ1v) is 30.7. The first-order chi connectivity index (χ1) is 39.4. The maximum absolute atomic E-state index is 14.0. The second-order valence-electron chi connectivity index (χ2n) is 22.1. The summed E-state index contributed by atoms with van der Waals surface area (Å²) >= 11 is 18.2. The summed E-state index contributed by atoms with van der Waals surface area (Å²) in [7, 11) is 0. The number of esters is 2. The van der Waals surface area contributed by atoms with E-state index in [9.17, 15) is 28.8 Å². The normalized spacial score (nSPS) is 17.5. The molecule has 0 spiro atoms. The van der Waals surface area contributed by atoms with E-state index in [1.807, 2.05) is 82.6 Å². The second-order valence-corrected chi connectivity index (χ2v) is 23.3. The van der Waals surface area contributed by atoms with Gasteiger partial charge in [0, 0.05) is 81.2 Å². The summed E-state index contributed by atoms with van der Waals surface area (Å²) in [6.45, 7) is 7.49. The Hall–Kier alpha value is -6.35. The maximum atomic E-state index is 14.0. The van der Waals surface area contributed by atoms with Crippen molar-refractivity contribution in [1.29, 1.82) is 0 Å². The van der Waals surface area contributed by atoms with Gasteiger partial charge in [-0.05, 0) is 162 Å². The molecular formula is C64H73Cl3N6O8. The highest BCUT2D eigenvalue weighted by molar-refractivity contribution is 6.31. The molecule has 0 radical (unpaired) electrons. The van der Waals surface area contributed by atoms with E-state index in [4.69, 9.17) is 44.3 Å². The second kappa shape index (κ2) is 26.3. The van der Waals surface area contributed by atoms with Crippen LogP contribution in [0.1, 0.15) is 161 Å². The number of aromatic nitrogens is 2. The first kappa shape index (κ1) is 57.9. The number of nitrogens with zero attached hydrogens (tertiary/aromatic N) is 5. The van der Waals surface area contributed by atoms with Gasteiger partial charge >= 0.3 is 11.9 Å². The lowest BCUT2D eigenvalue weighted by Gasteiger charge is -2.31. The van der Waals surface area contributed by atoms with Crippen molar-refractivity contribution >= 4 is 104 Å². The Morgan fingerprint density at radius 3 is 1.54 bits per heavy atom. The minimum absolute atomic E-state index is 0.00805. The minimum atomic E-state index is -0.371. The number of hydrogen-bond donors (Lipinski definition) is 1.